The largest absolute Gasteiger partial charge is 0.480 e. The van der Waals surface area contributed by atoms with Crippen molar-refractivity contribution in [2.45, 2.75) is 63.6 Å². The van der Waals surface area contributed by atoms with Crippen LogP contribution in [0.1, 0.15) is 46.0 Å². The molecule has 20 heavy (non-hydrogen) atoms. The fourth-order valence-corrected chi connectivity index (χ4v) is 3.45. The van der Waals surface area contributed by atoms with Gasteiger partial charge in [0.2, 0.25) is 0 Å². The number of nitrogens with one attached hydrogen (secondary N) is 1. The molecule has 0 aromatic rings. The minimum absolute atomic E-state index is 0.312. The van der Waals surface area contributed by atoms with Crippen molar-refractivity contribution in [3.8, 4) is 0 Å². The average molecular weight is 284 g/mol. The first-order valence-corrected chi connectivity index (χ1v) is 7.95. The van der Waals surface area contributed by atoms with Gasteiger partial charge in [-0.05, 0) is 38.6 Å². The molecule has 116 valence electrons. The second kappa shape index (κ2) is 6.87. The molecule has 0 radical (unpaired) electrons. The molecular weight excluding hydrogens is 256 g/mol. The minimum Gasteiger partial charge on any atom is -0.480 e. The number of ether oxygens (including phenoxy) is 1. The van der Waals surface area contributed by atoms with E-state index in [-0.39, 0.29) is 0 Å². The van der Waals surface area contributed by atoms with Gasteiger partial charge in [0.1, 0.15) is 5.54 Å². The molecule has 1 aliphatic heterocycles. The van der Waals surface area contributed by atoms with Crippen LogP contribution in [0.4, 0.5) is 0 Å². The third-order valence-electron chi connectivity index (χ3n) is 4.75. The summed E-state index contributed by atoms with van der Waals surface area (Å²) in [6, 6.07) is 0.383. The van der Waals surface area contributed by atoms with Crippen molar-refractivity contribution < 1.29 is 14.6 Å². The fraction of sp³-hybridized carbons (Fsp3) is 0.933. The van der Waals surface area contributed by atoms with E-state index in [2.05, 4.69) is 24.1 Å². The summed E-state index contributed by atoms with van der Waals surface area (Å²) in [5, 5.41) is 12.9. The van der Waals surface area contributed by atoms with E-state index in [9.17, 15) is 9.90 Å². The van der Waals surface area contributed by atoms with E-state index in [1.807, 2.05) is 0 Å². The van der Waals surface area contributed by atoms with Crippen molar-refractivity contribution in [2.75, 3.05) is 26.2 Å². The van der Waals surface area contributed by atoms with Gasteiger partial charge in [0.15, 0.2) is 0 Å². The molecule has 1 saturated carbocycles. The number of hydrogen-bond acceptors (Lipinski definition) is 4. The van der Waals surface area contributed by atoms with E-state index in [1.54, 1.807) is 0 Å². The Labute approximate surface area is 121 Å². The second-order valence-corrected chi connectivity index (χ2v) is 6.11. The van der Waals surface area contributed by atoms with Gasteiger partial charge in [-0.25, -0.2) is 0 Å². The molecule has 3 atom stereocenters. The first-order chi connectivity index (χ1) is 9.61. The summed E-state index contributed by atoms with van der Waals surface area (Å²) in [5.74, 6) is -0.686. The van der Waals surface area contributed by atoms with E-state index in [0.717, 1.165) is 58.3 Å². The number of nitrogens with zero attached hydrogens (tertiary/aromatic N) is 1. The van der Waals surface area contributed by atoms with Crippen LogP contribution in [-0.2, 0) is 9.53 Å². The van der Waals surface area contributed by atoms with Crippen LogP contribution in [0.25, 0.3) is 0 Å². The maximum atomic E-state index is 11.7. The standard InChI is InChI=1S/C15H28N2O3/c1-3-7-16-15(14(18)19)6-5-12(10-15)17-8-9-20-13(4-2)11-17/h12-13,16H,3-11H2,1-2H3,(H,18,19). The Morgan fingerprint density at radius 3 is 2.95 bits per heavy atom. The number of morpholine rings is 1. The summed E-state index contributed by atoms with van der Waals surface area (Å²) in [4.78, 5) is 14.1. The smallest absolute Gasteiger partial charge is 0.323 e. The highest BCUT2D eigenvalue weighted by Crippen LogP contribution is 2.34. The van der Waals surface area contributed by atoms with E-state index in [4.69, 9.17) is 4.74 Å². The molecule has 0 aromatic carbocycles. The Morgan fingerprint density at radius 1 is 1.50 bits per heavy atom. The van der Waals surface area contributed by atoms with Crippen LogP contribution >= 0.6 is 0 Å². The molecule has 0 bridgehead atoms. The molecular formula is C15H28N2O3. The van der Waals surface area contributed by atoms with E-state index in [0.29, 0.717) is 12.1 Å². The topological polar surface area (TPSA) is 61.8 Å². The quantitative estimate of drug-likeness (QED) is 0.773. The maximum absolute atomic E-state index is 11.7. The lowest BCUT2D eigenvalue weighted by atomic mass is 9.97. The average Bonchev–Trinajstić information content (AvgIpc) is 2.91. The lowest BCUT2D eigenvalue weighted by molar-refractivity contribution is -0.145. The molecule has 2 aliphatic rings. The summed E-state index contributed by atoms with van der Waals surface area (Å²) in [7, 11) is 0. The second-order valence-electron chi connectivity index (χ2n) is 6.11. The van der Waals surface area contributed by atoms with Gasteiger partial charge in [-0.15, -0.1) is 0 Å². The minimum atomic E-state index is -0.708. The van der Waals surface area contributed by atoms with Crippen molar-refractivity contribution in [2.24, 2.45) is 0 Å². The Balaban J connectivity index is 1.97. The summed E-state index contributed by atoms with van der Waals surface area (Å²) < 4.78 is 5.71. The number of carboxylic acid groups (broad SMARTS) is 1. The summed E-state index contributed by atoms with van der Waals surface area (Å²) in [6.45, 7) is 7.66. The van der Waals surface area contributed by atoms with Gasteiger partial charge in [-0.2, -0.15) is 0 Å². The number of rotatable bonds is 6. The predicted molar refractivity (Wildman–Crippen MR) is 77.9 cm³/mol. The highest BCUT2D eigenvalue weighted by Gasteiger charge is 2.47. The van der Waals surface area contributed by atoms with Crippen LogP contribution in [0, 0.1) is 0 Å². The van der Waals surface area contributed by atoms with Gasteiger partial charge in [0.05, 0.1) is 12.7 Å². The summed E-state index contributed by atoms with van der Waals surface area (Å²) in [5.41, 5.74) is -0.708. The molecule has 3 unspecified atom stereocenters. The molecule has 1 saturated heterocycles. The van der Waals surface area contributed by atoms with E-state index < -0.39 is 11.5 Å². The number of carbonyl (C=O) groups is 1. The highest BCUT2D eigenvalue weighted by molar-refractivity contribution is 5.79. The van der Waals surface area contributed by atoms with E-state index in [1.165, 1.54) is 0 Å². The van der Waals surface area contributed by atoms with Crippen LogP contribution in [0.3, 0.4) is 0 Å². The predicted octanol–water partition coefficient (Wildman–Crippen LogP) is 1.47. The molecule has 0 amide bonds. The van der Waals surface area contributed by atoms with Gasteiger partial charge in [-0.3, -0.25) is 9.69 Å². The molecule has 5 nitrogen and oxygen atoms in total. The maximum Gasteiger partial charge on any atom is 0.323 e. The van der Waals surface area contributed by atoms with Gasteiger partial charge in [0, 0.05) is 19.1 Å². The normalized spacial score (nSPS) is 35.3. The monoisotopic (exact) mass is 284 g/mol. The van der Waals surface area contributed by atoms with E-state index >= 15 is 0 Å². The van der Waals surface area contributed by atoms with Crippen molar-refractivity contribution in [1.82, 2.24) is 10.2 Å². The molecule has 1 heterocycles. The summed E-state index contributed by atoms with van der Waals surface area (Å²) in [6.07, 6.45) is 4.74. The van der Waals surface area contributed by atoms with Crippen molar-refractivity contribution in [3.63, 3.8) is 0 Å². The number of aliphatic carboxylic acids is 1. The van der Waals surface area contributed by atoms with Gasteiger partial charge >= 0.3 is 5.97 Å². The number of hydrogen-bond donors (Lipinski definition) is 2. The SMILES string of the molecule is CCCNC1(C(=O)O)CCC(N2CCOC(CC)C2)C1. The van der Waals surface area contributed by atoms with Crippen LogP contribution in [0.5, 0.6) is 0 Å². The van der Waals surface area contributed by atoms with Crippen molar-refractivity contribution in [3.05, 3.63) is 0 Å². The third kappa shape index (κ3) is 3.32. The lowest BCUT2D eigenvalue weighted by Crippen LogP contribution is -2.53. The van der Waals surface area contributed by atoms with Crippen LogP contribution in [-0.4, -0.2) is 59.9 Å². The van der Waals surface area contributed by atoms with Gasteiger partial charge in [0.25, 0.3) is 0 Å². The first-order valence-electron chi connectivity index (χ1n) is 7.95. The molecule has 1 aliphatic carbocycles. The van der Waals surface area contributed by atoms with Crippen LogP contribution in [0.2, 0.25) is 0 Å². The zero-order chi connectivity index (χ0) is 14.6. The molecule has 5 heteroatoms. The first kappa shape index (κ1) is 15.7. The molecule has 0 aromatic heterocycles. The zero-order valence-electron chi connectivity index (χ0n) is 12.7. The van der Waals surface area contributed by atoms with Crippen molar-refractivity contribution in [1.29, 1.82) is 0 Å². The molecule has 2 fully saturated rings. The van der Waals surface area contributed by atoms with Crippen LogP contribution in [0.15, 0.2) is 0 Å². The van der Waals surface area contributed by atoms with Gasteiger partial charge < -0.3 is 15.2 Å². The van der Waals surface area contributed by atoms with Crippen LogP contribution < -0.4 is 5.32 Å². The molecule has 2 N–H and O–H groups in total. The Kier molecular flexibility index (Phi) is 5.41. The fourth-order valence-electron chi connectivity index (χ4n) is 3.45. The lowest BCUT2D eigenvalue weighted by Gasteiger charge is -2.37. The zero-order valence-corrected chi connectivity index (χ0v) is 12.7. The van der Waals surface area contributed by atoms with Crippen molar-refractivity contribution >= 4 is 5.97 Å². The summed E-state index contributed by atoms with van der Waals surface area (Å²) >= 11 is 0. The highest BCUT2D eigenvalue weighted by atomic mass is 16.5. The Hall–Kier alpha value is -0.650. The Bertz CT molecular complexity index is 337. The van der Waals surface area contributed by atoms with Gasteiger partial charge in [-0.1, -0.05) is 13.8 Å². The Morgan fingerprint density at radius 2 is 2.30 bits per heavy atom. The third-order valence-corrected chi connectivity index (χ3v) is 4.75. The molecule has 0 spiro atoms. The molecule has 2 rings (SSSR count). The number of carboxylic acids is 1.